The number of piperazine rings is 1. The van der Waals surface area contributed by atoms with E-state index >= 15 is 0 Å². The highest BCUT2D eigenvalue weighted by atomic mass is 127. The first-order valence-corrected chi connectivity index (χ1v) is 9.77. The molecule has 1 N–H and O–H groups in total. The van der Waals surface area contributed by atoms with Crippen LogP contribution in [0.5, 0.6) is 11.5 Å². The van der Waals surface area contributed by atoms with E-state index in [1.807, 2.05) is 25.4 Å². The molecule has 1 saturated heterocycles. The normalized spacial score (nSPS) is 16.4. The zero-order valence-corrected chi connectivity index (χ0v) is 19.0. The third-order valence-corrected chi connectivity index (χ3v) is 5.15. The molecule has 2 aromatic rings. The molecule has 0 bridgehead atoms. The van der Waals surface area contributed by atoms with Crippen molar-refractivity contribution in [2.75, 3.05) is 46.6 Å². The van der Waals surface area contributed by atoms with E-state index in [-0.39, 0.29) is 24.0 Å². The number of nitrogens with one attached hydrogen (secondary N) is 1. The predicted octanol–water partition coefficient (Wildman–Crippen LogP) is 2.36. The molecule has 0 spiro atoms. The van der Waals surface area contributed by atoms with Gasteiger partial charge in [0.15, 0.2) is 17.5 Å². The predicted molar refractivity (Wildman–Crippen MR) is 124 cm³/mol. The molecule has 2 aliphatic rings. The number of pyridine rings is 1. The minimum atomic E-state index is 0. The van der Waals surface area contributed by atoms with E-state index in [2.05, 4.69) is 43.3 Å². The number of aliphatic imine (C=N–C) groups is 1. The quantitative estimate of drug-likeness (QED) is 0.380. The van der Waals surface area contributed by atoms with Crippen LogP contribution >= 0.6 is 24.0 Å². The van der Waals surface area contributed by atoms with E-state index in [0.717, 1.165) is 63.1 Å². The second-order valence-electron chi connectivity index (χ2n) is 7.04. The maximum atomic E-state index is 5.48. The summed E-state index contributed by atoms with van der Waals surface area (Å²) in [6.45, 7) is 6.07. The Balaban J connectivity index is 0.00000240. The lowest BCUT2D eigenvalue weighted by molar-refractivity contribution is 0.171. The Morgan fingerprint density at radius 3 is 2.69 bits per heavy atom. The second-order valence-corrected chi connectivity index (χ2v) is 7.04. The number of guanidine groups is 1. The molecule has 0 saturated carbocycles. The summed E-state index contributed by atoms with van der Waals surface area (Å²) in [5, 5.41) is 3.48. The zero-order chi connectivity index (χ0) is 19.2. The molecule has 0 radical (unpaired) electrons. The molecule has 8 heteroatoms. The Kier molecular flexibility index (Phi) is 7.93. The average molecular weight is 509 g/mol. The van der Waals surface area contributed by atoms with Crippen molar-refractivity contribution in [1.29, 1.82) is 0 Å². The second kappa shape index (κ2) is 10.6. The lowest BCUT2D eigenvalue weighted by Gasteiger charge is -2.36. The molecule has 0 atom stereocenters. The maximum absolute atomic E-state index is 5.48. The molecule has 7 nitrogen and oxygen atoms in total. The molecular weight excluding hydrogens is 481 g/mol. The zero-order valence-electron chi connectivity index (χ0n) is 16.7. The van der Waals surface area contributed by atoms with Crippen molar-refractivity contribution in [3.63, 3.8) is 0 Å². The summed E-state index contributed by atoms with van der Waals surface area (Å²) in [4.78, 5) is 13.4. The van der Waals surface area contributed by atoms with E-state index in [4.69, 9.17) is 9.47 Å². The summed E-state index contributed by atoms with van der Waals surface area (Å²) in [6.07, 6.45) is 4.66. The van der Waals surface area contributed by atoms with Crippen molar-refractivity contribution in [2.24, 2.45) is 4.99 Å². The van der Waals surface area contributed by atoms with E-state index in [1.165, 1.54) is 11.1 Å². The fraction of sp³-hybridized carbons (Fsp3) is 0.429. The van der Waals surface area contributed by atoms with Crippen molar-refractivity contribution in [2.45, 2.75) is 13.0 Å². The molecule has 2 aliphatic heterocycles. The van der Waals surface area contributed by atoms with Gasteiger partial charge in [-0.1, -0.05) is 12.1 Å². The van der Waals surface area contributed by atoms with Crippen LogP contribution in [0.1, 0.15) is 11.1 Å². The van der Waals surface area contributed by atoms with Crippen LogP contribution in [-0.4, -0.2) is 67.3 Å². The van der Waals surface area contributed by atoms with E-state index in [9.17, 15) is 0 Å². The van der Waals surface area contributed by atoms with Crippen LogP contribution < -0.4 is 14.8 Å². The van der Waals surface area contributed by atoms with Crippen LogP contribution in [0.4, 0.5) is 0 Å². The number of halogens is 1. The summed E-state index contributed by atoms with van der Waals surface area (Å²) >= 11 is 0. The molecule has 4 rings (SSSR count). The highest BCUT2D eigenvalue weighted by Crippen LogP contribution is 2.32. The first-order valence-electron chi connectivity index (χ1n) is 9.77. The van der Waals surface area contributed by atoms with Crippen molar-refractivity contribution >= 4 is 29.9 Å². The Morgan fingerprint density at radius 1 is 1.10 bits per heavy atom. The average Bonchev–Trinajstić information content (AvgIpc) is 3.21. The first kappa shape index (κ1) is 21.6. The number of hydrogen-bond acceptors (Lipinski definition) is 5. The molecular formula is C21H28IN5O2. The van der Waals surface area contributed by atoms with E-state index in [0.29, 0.717) is 6.79 Å². The lowest BCUT2D eigenvalue weighted by Crippen LogP contribution is -2.52. The summed E-state index contributed by atoms with van der Waals surface area (Å²) in [5.41, 5.74) is 2.50. The van der Waals surface area contributed by atoms with Gasteiger partial charge in [0.05, 0.1) is 0 Å². The van der Waals surface area contributed by atoms with Gasteiger partial charge in [0.25, 0.3) is 0 Å². The smallest absolute Gasteiger partial charge is 0.231 e. The number of fused-ring (bicyclic) bond motifs is 1. The molecule has 0 amide bonds. The largest absolute Gasteiger partial charge is 0.454 e. The molecule has 1 aromatic heterocycles. The number of hydrogen-bond donors (Lipinski definition) is 1. The molecule has 156 valence electrons. The van der Waals surface area contributed by atoms with Crippen LogP contribution in [0.3, 0.4) is 0 Å². The highest BCUT2D eigenvalue weighted by molar-refractivity contribution is 14.0. The van der Waals surface area contributed by atoms with Gasteiger partial charge in [-0.2, -0.15) is 0 Å². The highest BCUT2D eigenvalue weighted by Gasteiger charge is 2.20. The lowest BCUT2D eigenvalue weighted by atomic mass is 10.1. The Hall–Kier alpha value is -2.07. The number of nitrogens with zero attached hydrogens (tertiary/aromatic N) is 4. The third kappa shape index (κ3) is 5.72. The van der Waals surface area contributed by atoms with Gasteiger partial charge in [-0.05, 0) is 35.7 Å². The maximum Gasteiger partial charge on any atom is 0.231 e. The van der Waals surface area contributed by atoms with Crippen molar-refractivity contribution in [3.05, 3.63) is 53.9 Å². The van der Waals surface area contributed by atoms with Gasteiger partial charge in [0.2, 0.25) is 6.79 Å². The molecule has 0 aliphatic carbocycles. The summed E-state index contributed by atoms with van der Waals surface area (Å²) < 4.78 is 10.9. The summed E-state index contributed by atoms with van der Waals surface area (Å²) in [5.74, 6) is 2.68. The van der Waals surface area contributed by atoms with Crippen LogP contribution in [0, 0.1) is 0 Å². The Bertz CT molecular complexity index is 810. The van der Waals surface area contributed by atoms with Gasteiger partial charge in [-0.25, -0.2) is 0 Å². The number of benzene rings is 1. The van der Waals surface area contributed by atoms with Gasteiger partial charge in [0.1, 0.15) is 0 Å². The number of rotatable bonds is 5. The first-order chi connectivity index (χ1) is 13.8. The van der Waals surface area contributed by atoms with E-state index in [1.54, 1.807) is 6.20 Å². The molecule has 29 heavy (non-hydrogen) atoms. The SMILES string of the molecule is CN=C(NCCc1cccnc1)N1CCN(Cc2ccc3c(c2)OCO3)CC1.I. The molecule has 1 fully saturated rings. The van der Waals surface area contributed by atoms with Gasteiger partial charge < -0.3 is 19.7 Å². The topological polar surface area (TPSA) is 62.2 Å². The van der Waals surface area contributed by atoms with Gasteiger partial charge in [-0.3, -0.25) is 14.9 Å². The molecule has 1 aromatic carbocycles. The monoisotopic (exact) mass is 509 g/mol. The minimum Gasteiger partial charge on any atom is -0.454 e. The van der Waals surface area contributed by atoms with E-state index < -0.39 is 0 Å². The minimum absolute atomic E-state index is 0. The van der Waals surface area contributed by atoms with Crippen molar-refractivity contribution < 1.29 is 9.47 Å². The van der Waals surface area contributed by atoms with Gasteiger partial charge >= 0.3 is 0 Å². The molecule has 3 heterocycles. The fourth-order valence-corrected chi connectivity index (χ4v) is 3.61. The standard InChI is InChI=1S/C21H27N5O2.HI/c1-22-21(24-8-6-17-3-2-7-23-14-17)26-11-9-25(10-12-26)15-18-4-5-19-20(13-18)28-16-27-19;/h2-5,7,13-14H,6,8-12,15-16H2,1H3,(H,22,24);1H. The van der Waals surface area contributed by atoms with Gasteiger partial charge in [0, 0.05) is 58.7 Å². The Labute approximate surface area is 189 Å². The number of ether oxygens (including phenoxy) is 2. The van der Waals surface area contributed by atoms with Crippen LogP contribution in [-0.2, 0) is 13.0 Å². The Morgan fingerprint density at radius 2 is 1.93 bits per heavy atom. The van der Waals surface area contributed by atoms with Crippen LogP contribution in [0.15, 0.2) is 47.7 Å². The van der Waals surface area contributed by atoms with Crippen molar-refractivity contribution in [1.82, 2.24) is 20.1 Å². The summed E-state index contributed by atoms with van der Waals surface area (Å²) in [7, 11) is 1.85. The van der Waals surface area contributed by atoms with Crippen LogP contribution in [0.2, 0.25) is 0 Å². The molecule has 0 unspecified atom stereocenters. The number of aromatic nitrogens is 1. The van der Waals surface area contributed by atoms with Crippen molar-refractivity contribution in [3.8, 4) is 11.5 Å². The summed E-state index contributed by atoms with van der Waals surface area (Å²) in [6, 6.07) is 10.3. The van der Waals surface area contributed by atoms with Gasteiger partial charge in [-0.15, -0.1) is 24.0 Å². The fourth-order valence-electron chi connectivity index (χ4n) is 3.61. The van der Waals surface area contributed by atoms with Crippen LogP contribution in [0.25, 0.3) is 0 Å². The third-order valence-electron chi connectivity index (χ3n) is 5.15.